The normalized spacial score (nSPS) is 24.6. The van der Waals surface area contributed by atoms with E-state index >= 15 is 0 Å². The Morgan fingerprint density at radius 2 is 2.55 bits per heavy atom. The Balaban J connectivity index is 2.21. The molecule has 1 fully saturated rings. The van der Waals surface area contributed by atoms with Crippen LogP contribution in [0.4, 0.5) is 0 Å². The van der Waals surface area contributed by atoms with Gasteiger partial charge < -0.3 is 0 Å². The Morgan fingerprint density at radius 1 is 1.91 bits per heavy atom. The van der Waals surface area contributed by atoms with Crippen molar-refractivity contribution in [1.82, 2.24) is 3.53 Å². The summed E-state index contributed by atoms with van der Waals surface area (Å²) in [5.74, 6) is -0.285. The first-order valence-corrected chi connectivity index (χ1v) is 6.45. The van der Waals surface area contributed by atoms with Crippen molar-refractivity contribution in [2.45, 2.75) is 7.97 Å². The van der Waals surface area contributed by atoms with Gasteiger partial charge in [0.15, 0.2) is 0 Å². The van der Waals surface area contributed by atoms with E-state index in [1.165, 1.54) is 0 Å². The fraction of sp³-hybridized carbons (Fsp3) is 0.600. The molecular formula is C5H6I2NO3-. The van der Waals surface area contributed by atoms with Crippen LogP contribution in [0, 0.1) is 0 Å². The van der Waals surface area contributed by atoms with E-state index < -0.39 is 0 Å². The average molecular weight is 382 g/mol. The molecule has 0 amide bonds. The van der Waals surface area contributed by atoms with E-state index in [4.69, 9.17) is 0 Å². The van der Waals surface area contributed by atoms with Crippen molar-refractivity contribution in [3.05, 3.63) is 0 Å². The van der Waals surface area contributed by atoms with Crippen LogP contribution in [-0.2, 0) is 14.3 Å². The van der Waals surface area contributed by atoms with Crippen LogP contribution in [0.15, 0.2) is 0 Å². The fourth-order valence-corrected chi connectivity index (χ4v) is 3.60. The second kappa shape index (κ2) is 4.55. The van der Waals surface area contributed by atoms with Gasteiger partial charge in [-0.3, -0.25) is 0 Å². The standard InChI is InChI=1S/C5H6I2NO3/c6-3(4-7-8-4)5(10)11-2-1-9/h1,3-4,8H,2H2/q-1. The first-order chi connectivity index (χ1) is 5.25. The number of hydrogen-bond donors (Lipinski definition) is 1. The molecule has 0 bridgehead atoms. The van der Waals surface area contributed by atoms with Crippen molar-refractivity contribution in [2.24, 2.45) is 0 Å². The molecule has 1 rings (SSSR count). The monoisotopic (exact) mass is 382 g/mol. The van der Waals surface area contributed by atoms with Crippen LogP contribution in [0.2, 0.25) is 0 Å². The zero-order valence-corrected chi connectivity index (χ0v) is 9.73. The zero-order chi connectivity index (χ0) is 8.27. The first kappa shape index (κ1) is 9.65. The van der Waals surface area contributed by atoms with Gasteiger partial charge in [0.1, 0.15) is 0 Å². The van der Waals surface area contributed by atoms with E-state index in [0.29, 0.717) is 10.3 Å². The summed E-state index contributed by atoms with van der Waals surface area (Å²) in [5, 5.41) is 0. The summed E-state index contributed by atoms with van der Waals surface area (Å²) in [7, 11) is 0. The number of rotatable bonds is 4. The Hall–Kier alpha value is 0.560. The number of aldehydes is 1. The van der Waals surface area contributed by atoms with Crippen molar-refractivity contribution in [2.75, 3.05) is 6.61 Å². The van der Waals surface area contributed by atoms with Gasteiger partial charge in [0, 0.05) is 0 Å². The van der Waals surface area contributed by atoms with Gasteiger partial charge in [-0.1, -0.05) is 0 Å². The summed E-state index contributed by atoms with van der Waals surface area (Å²) < 4.78 is 7.97. The summed E-state index contributed by atoms with van der Waals surface area (Å²) in [6, 6.07) is 0. The molecule has 1 aliphatic heterocycles. The topological polar surface area (TPSA) is 65.3 Å². The Labute approximate surface area is 88.2 Å². The molecule has 4 nitrogen and oxygen atoms in total. The van der Waals surface area contributed by atoms with Crippen molar-refractivity contribution in [1.29, 1.82) is 0 Å². The van der Waals surface area contributed by atoms with Crippen LogP contribution < -0.4 is 25.0 Å². The average Bonchev–Trinajstić information content (AvgIpc) is 2.81. The minimum atomic E-state index is -0.285. The number of carbonyl (C=O) groups is 2. The molecule has 0 aromatic carbocycles. The molecule has 1 saturated heterocycles. The van der Waals surface area contributed by atoms with Gasteiger partial charge in [-0.05, 0) is 0 Å². The van der Waals surface area contributed by atoms with Crippen LogP contribution in [-0.4, -0.2) is 26.8 Å². The van der Waals surface area contributed by atoms with Crippen LogP contribution in [0.25, 0.3) is 0 Å². The first-order valence-electron chi connectivity index (χ1n) is 2.88. The van der Waals surface area contributed by atoms with Crippen molar-refractivity contribution in [3.63, 3.8) is 0 Å². The summed E-state index contributed by atoms with van der Waals surface area (Å²) in [4.78, 5) is 20.8. The van der Waals surface area contributed by atoms with Gasteiger partial charge in [0.25, 0.3) is 0 Å². The molecule has 6 heteroatoms. The molecule has 11 heavy (non-hydrogen) atoms. The van der Waals surface area contributed by atoms with Crippen molar-refractivity contribution in [3.8, 4) is 0 Å². The van der Waals surface area contributed by atoms with Crippen LogP contribution in [0.5, 0.6) is 0 Å². The maximum absolute atomic E-state index is 11.0. The summed E-state index contributed by atoms with van der Waals surface area (Å²) in [6.45, 7) is -0.122. The molecule has 0 saturated carbocycles. The predicted octanol–water partition coefficient (Wildman–Crippen LogP) is -3.53. The van der Waals surface area contributed by atoms with E-state index in [1.807, 2.05) is 22.6 Å². The Bertz CT molecular complexity index is 171. The van der Waals surface area contributed by atoms with E-state index in [1.54, 1.807) is 0 Å². The Kier molecular flexibility index (Phi) is 3.99. The van der Waals surface area contributed by atoms with Crippen LogP contribution >= 0.6 is 22.6 Å². The van der Waals surface area contributed by atoms with Gasteiger partial charge in [0.05, 0.1) is 0 Å². The molecular weight excluding hydrogens is 376 g/mol. The summed E-state index contributed by atoms with van der Waals surface area (Å²) in [5.41, 5.74) is 0. The van der Waals surface area contributed by atoms with Gasteiger partial charge in [0.2, 0.25) is 0 Å². The third-order valence-electron chi connectivity index (χ3n) is 1.01. The zero-order valence-electron chi connectivity index (χ0n) is 5.42. The summed E-state index contributed by atoms with van der Waals surface area (Å²) >= 11 is 2.07. The molecule has 0 aromatic rings. The molecule has 0 spiro atoms. The quantitative estimate of drug-likeness (QED) is 0.104. The van der Waals surface area contributed by atoms with E-state index in [9.17, 15) is 9.59 Å². The van der Waals surface area contributed by atoms with Crippen molar-refractivity contribution >= 4 is 34.8 Å². The number of hydrogen-bond acceptors (Lipinski definition) is 4. The van der Waals surface area contributed by atoms with Gasteiger partial charge in [-0.2, -0.15) is 0 Å². The third-order valence-corrected chi connectivity index (χ3v) is 5.68. The number of alkyl halides is 2. The van der Waals surface area contributed by atoms with Crippen LogP contribution in [0.1, 0.15) is 0 Å². The van der Waals surface area contributed by atoms with E-state index in [-0.39, 0.29) is 38.0 Å². The molecule has 64 valence electrons. The molecule has 0 aromatic heterocycles. The predicted molar refractivity (Wildman–Crippen MR) is 41.8 cm³/mol. The fourth-order valence-electron chi connectivity index (χ4n) is 0.462. The van der Waals surface area contributed by atoms with Gasteiger partial charge >= 0.3 is 88.8 Å². The second-order valence-electron chi connectivity index (χ2n) is 1.82. The molecule has 1 N–H and O–H groups in total. The molecule has 1 heterocycles. The number of halogens is 2. The van der Waals surface area contributed by atoms with Crippen molar-refractivity contribution < 1.29 is 35.8 Å². The minimum absolute atomic E-state index is 0.0377. The SMILES string of the molecule is O=CCOC(=O)C(I)C1N[I-]1. The number of ether oxygens (including phenoxy) is 1. The van der Waals surface area contributed by atoms with E-state index in [2.05, 4.69) is 8.27 Å². The Morgan fingerprint density at radius 3 is 3.00 bits per heavy atom. The van der Waals surface area contributed by atoms with Crippen LogP contribution in [0.3, 0.4) is 0 Å². The second-order valence-corrected chi connectivity index (χ2v) is 5.75. The number of carbonyl (C=O) groups excluding carboxylic acids is 2. The molecule has 1 aliphatic rings. The number of esters is 1. The third kappa shape index (κ3) is 3.20. The summed E-state index contributed by atoms with van der Waals surface area (Å²) in [6.07, 6.45) is 0.580. The molecule has 0 aliphatic carbocycles. The van der Waals surface area contributed by atoms with E-state index in [0.717, 1.165) is 0 Å². The molecule has 0 radical (unpaired) electrons. The number of nitrogens with one attached hydrogen (secondary N) is 1. The maximum atomic E-state index is 11.0. The van der Waals surface area contributed by atoms with Gasteiger partial charge in [-0.25, -0.2) is 0 Å². The molecule has 2 unspecified atom stereocenters. The molecule has 2 atom stereocenters. The van der Waals surface area contributed by atoms with Gasteiger partial charge in [-0.15, -0.1) is 0 Å².